The Balaban J connectivity index is 1.87. The smallest absolute Gasteiger partial charge is 0.410 e. The van der Waals surface area contributed by atoms with E-state index in [9.17, 15) is 14.0 Å². The Morgan fingerprint density at radius 3 is 2.59 bits per heavy atom. The van der Waals surface area contributed by atoms with E-state index in [-0.39, 0.29) is 11.8 Å². The molecule has 1 heterocycles. The molecule has 1 aliphatic heterocycles. The summed E-state index contributed by atoms with van der Waals surface area (Å²) in [5, 5.41) is 2.66. The molecule has 5 nitrogen and oxygen atoms in total. The lowest BCUT2D eigenvalue weighted by molar-refractivity contribution is -0.124. The number of hydrogen-bond acceptors (Lipinski definition) is 3. The molecule has 1 aliphatic rings. The highest BCUT2D eigenvalue weighted by Gasteiger charge is 2.38. The monoisotopic (exact) mass is 372 g/mol. The van der Waals surface area contributed by atoms with Crippen LogP contribution in [0.25, 0.3) is 0 Å². The second-order valence-corrected chi connectivity index (χ2v) is 7.05. The molecule has 1 saturated heterocycles. The average Bonchev–Trinajstić information content (AvgIpc) is 2.29. The van der Waals surface area contributed by atoms with Gasteiger partial charge in [-0.15, -0.1) is 0 Å². The second kappa shape index (κ2) is 6.24. The largest absolute Gasteiger partial charge is 0.444 e. The van der Waals surface area contributed by atoms with Gasteiger partial charge in [0, 0.05) is 17.6 Å². The van der Waals surface area contributed by atoms with Crippen LogP contribution in [0.3, 0.4) is 0 Å². The maximum Gasteiger partial charge on any atom is 0.410 e. The van der Waals surface area contributed by atoms with E-state index in [1.807, 2.05) is 0 Å². The molecule has 0 aromatic heterocycles. The van der Waals surface area contributed by atoms with Crippen molar-refractivity contribution in [3.63, 3.8) is 0 Å². The van der Waals surface area contributed by atoms with Crippen LogP contribution in [0, 0.1) is 11.7 Å². The fraction of sp³-hybridized carbons (Fsp3) is 0.467. The molecule has 2 rings (SSSR count). The molecule has 0 bridgehead atoms. The molecule has 1 aromatic carbocycles. The standard InChI is InChI=1S/C15H18BrFN2O3/c1-15(2,3)22-14(21)19-7-9(8-19)13(20)18-12-6-10(17)4-5-11(12)16/h4-6,9H,7-8H2,1-3H3,(H,18,20). The SMILES string of the molecule is CC(C)(C)OC(=O)N1CC(C(=O)Nc2cc(F)ccc2Br)C1. The Kier molecular flexibility index (Phi) is 4.75. The van der Waals surface area contributed by atoms with Crippen LogP contribution in [0.1, 0.15) is 20.8 Å². The molecule has 1 aromatic rings. The van der Waals surface area contributed by atoms with Crippen molar-refractivity contribution in [2.45, 2.75) is 26.4 Å². The maximum atomic E-state index is 13.2. The number of amides is 2. The first kappa shape index (κ1) is 16.7. The first-order chi connectivity index (χ1) is 10.2. The van der Waals surface area contributed by atoms with Gasteiger partial charge in [0.2, 0.25) is 5.91 Å². The minimum absolute atomic E-state index is 0.244. The van der Waals surface area contributed by atoms with Gasteiger partial charge in [0.15, 0.2) is 0 Å². The minimum atomic E-state index is -0.559. The number of anilines is 1. The zero-order valence-corrected chi connectivity index (χ0v) is 14.2. The number of hydrogen-bond donors (Lipinski definition) is 1. The molecule has 1 fully saturated rings. The molecular weight excluding hydrogens is 355 g/mol. The first-order valence-electron chi connectivity index (χ1n) is 6.89. The number of likely N-dealkylation sites (tertiary alicyclic amines) is 1. The molecule has 1 N–H and O–H groups in total. The van der Waals surface area contributed by atoms with Gasteiger partial charge in [0.25, 0.3) is 0 Å². The normalized spacial score (nSPS) is 15.2. The zero-order chi connectivity index (χ0) is 16.5. The van der Waals surface area contributed by atoms with E-state index in [4.69, 9.17) is 4.74 Å². The number of rotatable bonds is 2. The summed E-state index contributed by atoms with van der Waals surface area (Å²) in [6.45, 7) is 5.96. The van der Waals surface area contributed by atoms with E-state index in [1.165, 1.54) is 23.1 Å². The molecular formula is C15H18BrFN2O3. The van der Waals surface area contributed by atoms with Crippen molar-refractivity contribution in [1.29, 1.82) is 0 Å². The highest BCUT2D eigenvalue weighted by molar-refractivity contribution is 9.10. The first-order valence-corrected chi connectivity index (χ1v) is 7.69. The summed E-state index contributed by atoms with van der Waals surface area (Å²) in [6.07, 6.45) is -0.427. The summed E-state index contributed by atoms with van der Waals surface area (Å²) in [5.74, 6) is -0.990. The quantitative estimate of drug-likeness (QED) is 0.865. The van der Waals surface area contributed by atoms with E-state index >= 15 is 0 Å². The van der Waals surface area contributed by atoms with Crippen LogP contribution in [0.15, 0.2) is 22.7 Å². The van der Waals surface area contributed by atoms with E-state index < -0.39 is 17.5 Å². The predicted octanol–water partition coefficient (Wildman–Crippen LogP) is 3.39. The summed E-state index contributed by atoms with van der Waals surface area (Å²) >= 11 is 3.25. The van der Waals surface area contributed by atoms with Gasteiger partial charge in [-0.3, -0.25) is 4.79 Å². The fourth-order valence-electron chi connectivity index (χ4n) is 1.95. The Labute approximate surface area is 136 Å². The van der Waals surface area contributed by atoms with Gasteiger partial charge in [-0.2, -0.15) is 0 Å². The number of nitrogens with zero attached hydrogens (tertiary/aromatic N) is 1. The molecule has 0 unspecified atom stereocenters. The number of carbonyl (C=O) groups is 2. The van der Waals surface area contributed by atoms with Crippen LogP contribution < -0.4 is 5.32 Å². The fourth-order valence-corrected chi connectivity index (χ4v) is 2.29. The van der Waals surface area contributed by atoms with Crippen LogP contribution >= 0.6 is 15.9 Å². The summed E-state index contributed by atoms with van der Waals surface area (Å²) in [4.78, 5) is 25.3. The average molecular weight is 373 g/mol. The van der Waals surface area contributed by atoms with Crippen molar-refractivity contribution in [2.24, 2.45) is 5.92 Å². The van der Waals surface area contributed by atoms with Gasteiger partial charge in [0.05, 0.1) is 11.6 Å². The number of ether oxygens (including phenoxy) is 1. The van der Waals surface area contributed by atoms with Gasteiger partial charge in [-0.25, -0.2) is 9.18 Å². The predicted molar refractivity (Wildman–Crippen MR) is 84.0 cm³/mol. The minimum Gasteiger partial charge on any atom is -0.444 e. The van der Waals surface area contributed by atoms with Gasteiger partial charge in [0.1, 0.15) is 11.4 Å². The van der Waals surface area contributed by atoms with Crippen molar-refractivity contribution >= 4 is 33.6 Å². The third-order valence-electron chi connectivity index (χ3n) is 3.09. The van der Waals surface area contributed by atoms with Crippen LogP contribution in [-0.4, -0.2) is 35.6 Å². The lowest BCUT2D eigenvalue weighted by atomic mass is 10.00. The number of halogens is 2. The van der Waals surface area contributed by atoms with E-state index in [0.29, 0.717) is 23.2 Å². The van der Waals surface area contributed by atoms with Crippen molar-refractivity contribution in [3.8, 4) is 0 Å². The molecule has 120 valence electrons. The summed E-state index contributed by atoms with van der Waals surface area (Å²) in [6, 6.07) is 4.07. The Bertz CT molecular complexity index is 595. The molecule has 0 saturated carbocycles. The topological polar surface area (TPSA) is 58.6 Å². The molecule has 0 radical (unpaired) electrons. The third-order valence-corrected chi connectivity index (χ3v) is 3.78. The van der Waals surface area contributed by atoms with Crippen LogP contribution in [0.5, 0.6) is 0 Å². The van der Waals surface area contributed by atoms with E-state index in [0.717, 1.165) is 0 Å². The van der Waals surface area contributed by atoms with Crippen LogP contribution in [0.2, 0.25) is 0 Å². The molecule has 0 atom stereocenters. The number of carbonyl (C=O) groups excluding carboxylic acids is 2. The Hall–Kier alpha value is -1.63. The lowest BCUT2D eigenvalue weighted by Crippen LogP contribution is -2.55. The highest BCUT2D eigenvalue weighted by atomic mass is 79.9. The molecule has 7 heteroatoms. The van der Waals surface area contributed by atoms with Gasteiger partial charge in [-0.05, 0) is 54.9 Å². The van der Waals surface area contributed by atoms with Crippen molar-refractivity contribution in [2.75, 3.05) is 18.4 Å². The number of benzene rings is 1. The van der Waals surface area contributed by atoms with Crippen LogP contribution in [0.4, 0.5) is 14.9 Å². The van der Waals surface area contributed by atoms with E-state index in [2.05, 4.69) is 21.2 Å². The maximum absolute atomic E-state index is 13.2. The van der Waals surface area contributed by atoms with Gasteiger partial charge < -0.3 is 15.0 Å². The van der Waals surface area contributed by atoms with Gasteiger partial charge >= 0.3 is 6.09 Å². The van der Waals surface area contributed by atoms with Crippen LogP contribution in [-0.2, 0) is 9.53 Å². The van der Waals surface area contributed by atoms with Crippen molar-refractivity contribution in [1.82, 2.24) is 4.90 Å². The summed E-state index contributed by atoms with van der Waals surface area (Å²) < 4.78 is 19.0. The van der Waals surface area contributed by atoms with Crippen molar-refractivity contribution in [3.05, 3.63) is 28.5 Å². The Morgan fingerprint density at radius 2 is 2.00 bits per heavy atom. The van der Waals surface area contributed by atoms with Gasteiger partial charge in [-0.1, -0.05) is 0 Å². The van der Waals surface area contributed by atoms with E-state index in [1.54, 1.807) is 20.8 Å². The lowest BCUT2D eigenvalue weighted by Gasteiger charge is -2.38. The summed E-state index contributed by atoms with van der Waals surface area (Å²) in [5.41, 5.74) is -0.183. The van der Waals surface area contributed by atoms with Crippen molar-refractivity contribution < 1.29 is 18.7 Å². The zero-order valence-electron chi connectivity index (χ0n) is 12.7. The molecule has 22 heavy (non-hydrogen) atoms. The third kappa shape index (κ3) is 4.19. The second-order valence-electron chi connectivity index (χ2n) is 6.20. The number of nitrogens with one attached hydrogen (secondary N) is 1. The highest BCUT2D eigenvalue weighted by Crippen LogP contribution is 2.26. The Morgan fingerprint density at radius 1 is 1.36 bits per heavy atom. The summed E-state index contributed by atoms with van der Waals surface area (Å²) in [7, 11) is 0. The molecule has 0 aliphatic carbocycles. The molecule has 0 spiro atoms. The molecule has 2 amide bonds.